The number of likely N-dealkylation sites (N-methyl/N-ethyl adjacent to an activating group) is 1. The van der Waals surface area contributed by atoms with Crippen molar-refractivity contribution < 1.29 is 29.3 Å². The first-order valence-corrected chi connectivity index (χ1v) is 18.2. The number of urea groups is 1. The van der Waals surface area contributed by atoms with Gasteiger partial charge in [-0.3, -0.25) is 14.2 Å². The molecule has 0 saturated carbocycles. The first-order chi connectivity index (χ1) is 25.8. The maximum absolute atomic E-state index is 13.5. The van der Waals surface area contributed by atoms with Gasteiger partial charge in [0.15, 0.2) is 29.3 Å². The van der Waals surface area contributed by atoms with Gasteiger partial charge < -0.3 is 46.4 Å². The Bertz CT molecular complexity index is 1780. The second kappa shape index (κ2) is 18.1. The highest BCUT2D eigenvalue weighted by atomic mass is 16.6. The molecular formula is C37H48N10O6. The van der Waals surface area contributed by atoms with E-state index in [2.05, 4.69) is 46.4 Å². The van der Waals surface area contributed by atoms with Crippen molar-refractivity contribution in [1.29, 1.82) is 0 Å². The predicted molar refractivity (Wildman–Crippen MR) is 197 cm³/mol. The van der Waals surface area contributed by atoms with E-state index in [0.29, 0.717) is 19.6 Å². The van der Waals surface area contributed by atoms with E-state index in [1.807, 2.05) is 60.7 Å². The van der Waals surface area contributed by atoms with Crippen molar-refractivity contribution in [1.82, 2.24) is 45.7 Å². The molecule has 6 rings (SSSR count). The molecule has 16 heteroatoms. The molecule has 2 fully saturated rings. The van der Waals surface area contributed by atoms with E-state index in [1.54, 1.807) is 6.92 Å². The van der Waals surface area contributed by atoms with Gasteiger partial charge in [-0.05, 0) is 44.0 Å². The van der Waals surface area contributed by atoms with Crippen molar-refractivity contribution in [2.45, 2.75) is 56.6 Å². The first kappa shape index (κ1) is 37.6. The average Bonchev–Trinajstić information content (AvgIpc) is 3.74. The van der Waals surface area contributed by atoms with E-state index in [1.165, 1.54) is 30.2 Å². The van der Waals surface area contributed by atoms with E-state index in [0.717, 1.165) is 30.8 Å². The largest absolute Gasteiger partial charge is 0.387 e. The Labute approximate surface area is 307 Å². The van der Waals surface area contributed by atoms with Crippen molar-refractivity contribution in [3.8, 4) is 0 Å². The monoisotopic (exact) mass is 728 g/mol. The Balaban J connectivity index is 1.20. The van der Waals surface area contributed by atoms with Gasteiger partial charge in [-0.25, -0.2) is 19.7 Å². The number of piperidine rings is 1. The summed E-state index contributed by atoms with van der Waals surface area (Å²) in [6.45, 7) is 6.13. The van der Waals surface area contributed by atoms with Crippen molar-refractivity contribution in [3.63, 3.8) is 0 Å². The molecule has 282 valence electrons. The number of nitrogens with zero attached hydrogens (tertiary/aromatic N) is 5. The highest BCUT2D eigenvalue weighted by molar-refractivity contribution is 5.94. The van der Waals surface area contributed by atoms with Crippen LogP contribution >= 0.6 is 0 Å². The number of carbonyl (C=O) groups excluding carboxylic acids is 3. The Morgan fingerprint density at radius 3 is 2.19 bits per heavy atom. The van der Waals surface area contributed by atoms with Gasteiger partial charge in [-0.2, -0.15) is 0 Å². The van der Waals surface area contributed by atoms with Crippen molar-refractivity contribution in [2.24, 2.45) is 0 Å². The fourth-order valence-corrected chi connectivity index (χ4v) is 6.71. The molecule has 4 atom stereocenters. The molecule has 2 aromatic carbocycles. The molecule has 0 aliphatic carbocycles. The molecule has 2 aliphatic heterocycles. The number of ether oxygens (including phenoxy) is 1. The maximum Gasteiger partial charge on any atom is 0.314 e. The number of aliphatic hydroxyl groups is 2. The zero-order valence-electron chi connectivity index (χ0n) is 29.8. The number of likely N-dealkylation sites (tertiary alicyclic amines) is 1. The van der Waals surface area contributed by atoms with Crippen LogP contribution in [0.4, 0.5) is 10.6 Å². The van der Waals surface area contributed by atoms with Gasteiger partial charge in [0.05, 0.1) is 6.33 Å². The molecule has 4 aromatic rings. The van der Waals surface area contributed by atoms with Gasteiger partial charge in [0, 0.05) is 45.2 Å². The normalized spacial score (nSPS) is 20.3. The van der Waals surface area contributed by atoms with Crippen LogP contribution < -0.4 is 26.6 Å². The molecule has 7 N–H and O–H groups in total. The SMILES string of the molecule is CCNC(=O)[C@H]1O[C@@H](n2cnc3c(NCC(c4ccccc4)c4ccccc4)nc(C(=O)NCCNC(=O)NCCN4CCCCC4)nc32)[C@@H](O)[C@@H]1O. The van der Waals surface area contributed by atoms with Crippen LogP contribution in [-0.4, -0.2) is 123 Å². The lowest BCUT2D eigenvalue weighted by Crippen LogP contribution is -2.43. The Kier molecular flexibility index (Phi) is 12.8. The third-order valence-corrected chi connectivity index (χ3v) is 9.48. The smallest absolute Gasteiger partial charge is 0.314 e. The summed E-state index contributed by atoms with van der Waals surface area (Å²) < 4.78 is 7.23. The number of aromatic nitrogens is 4. The van der Waals surface area contributed by atoms with Gasteiger partial charge >= 0.3 is 6.03 Å². The number of aliphatic hydroxyl groups excluding tert-OH is 2. The molecule has 0 bridgehead atoms. The molecule has 0 radical (unpaired) electrons. The Hall–Kier alpha value is -5.16. The molecule has 0 spiro atoms. The van der Waals surface area contributed by atoms with E-state index in [-0.39, 0.29) is 47.8 Å². The van der Waals surface area contributed by atoms with Crippen LogP contribution in [0.1, 0.15) is 60.1 Å². The summed E-state index contributed by atoms with van der Waals surface area (Å²) in [5, 5.41) is 36.0. The number of carbonyl (C=O) groups is 3. The summed E-state index contributed by atoms with van der Waals surface area (Å²) in [6, 6.07) is 19.7. The van der Waals surface area contributed by atoms with E-state index in [9.17, 15) is 24.6 Å². The Morgan fingerprint density at radius 2 is 1.51 bits per heavy atom. The van der Waals surface area contributed by atoms with Gasteiger partial charge in [0.25, 0.3) is 11.8 Å². The summed E-state index contributed by atoms with van der Waals surface area (Å²) in [4.78, 5) is 54.4. The van der Waals surface area contributed by atoms with Gasteiger partial charge in [-0.1, -0.05) is 67.1 Å². The summed E-state index contributed by atoms with van der Waals surface area (Å²) in [7, 11) is 0. The number of hydrogen-bond acceptors (Lipinski definition) is 11. The third-order valence-electron chi connectivity index (χ3n) is 9.48. The van der Waals surface area contributed by atoms with Crippen molar-refractivity contribution >= 4 is 34.8 Å². The summed E-state index contributed by atoms with van der Waals surface area (Å²) in [6.07, 6.45) is -0.598. The molecule has 2 saturated heterocycles. The van der Waals surface area contributed by atoms with E-state index < -0.39 is 36.4 Å². The van der Waals surface area contributed by atoms with Crippen LogP contribution in [0.5, 0.6) is 0 Å². The molecule has 0 unspecified atom stereocenters. The number of fused-ring (bicyclic) bond motifs is 1. The van der Waals surface area contributed by atoms with Crippen LogP contribution in [0, 0.1) is 0 Å². The molecule has 16 nitrogen and oxygen atoms in total. The molecule has 4 amide bonds. The predicted octanol–water partition coefficient (Wildman–Crippen LogP) is 1.34. The lowest BCUT2D eigenvalue weighted by Gasteiger charge is -2.26. The molecule has 4 heterocycles. The number of hydrogen-bond donors (Lipinski definition) is 7. The average molecular weight is 729 g/mol. The highest BCUT2D eigenvalue weighted by Crippen LogP contribution is 2.33. The number of imidazole rings is 1. The number of benzene rings is 2. The topological polar surface area (TPSA) is 208 Å². The van der Waals surface area contributed by atoms with Gasteiger partial charge in [-0.15, -0.1) is 0 Å². The standard InChI is InChI=1S/C37H48N10O6/c1-2-38-34(50)30-28(48)29(49)36(53-30)47-23-43-27-31(42-22-26(24-12-6-3-7-13-24)25-14-8-4-9-15-25)44-32(45-33(27)47)35(51)39-16-17-40-37(52)41-18-21-46-19-10-5-11-20-46/h3-4,6-9,12-15,23,26,28-30,36,48-49H,2,5,10-11,16-22H2,1H3,(H,38,50)(H,39,51)(H2,40,41,52)(H,42,44,45)/t28-,29-,30-,36+/m0/s1. The third kappa shape index (κ3) is 9.26. The minimum absolute atomic E-state index is 0.0909. The van der Waals surface area contributed by atoms with Crippen LogP contribution in [-0.2, 0) is 9.53 Å². The van der Waals surface area contributed by atoms with Gasteiger partial charge in [0.1, 0.15) is 12.2 Å². The van der Waals surface area contributed by atoms with Gasteiger partial charge in [0.2, 0.25) is 5.82 Å². The number of amides is 4. The maximum atomic E-state index is 13.5. The van der Waals surface area contributed by atoms with E-state index >= 15 is 0 Å². The summed E-state index contributed by atoms with van der Waals surface area (Å²) in [5.41, 5.74) is 2.56. The molecule has 2 aromatic heterocycles. The lowest BCUT2D eigenvalue weighted by molar-refractivity contribution is -0.137. The fraction of sp³-hybridized carbons (Fsp3) is 0.459. The summed E-state index contributed by atoms with van der Waals surface area (Å²) in [5.74, 6) is -1.20. The zero-order chi connectivity index (χ0) is 37.2. The molecule has 53 heavy (non-hydrogen) atoms. The van der Waals surface area contributed by atoms with E-state index in [4.69, 9.17) is 4.74 Å². The molecular weight excluding hydrogens is 680 g/mol. The second-order valence-electron chi connectivity index (χ2n) is 13.1. The summed E-state index contributed by atoms with van der Waals surface area (Å²) >= 11 is 0. The number of nitrogens with one attached hydrogen (secondary N) is 5. The van der Waals surface area contributed by atoms with Crippen LogP contribution in [0.25, 0.3) is 11.2 Å². The van der Waals surface area contributed by atoms with Crippen molar-refractivity contribution in [3.05, 3.63) is 83.9 Å². The second-order valence-corrected chi connectivity index (χ2v) is 13.1. The Morgan fingerprint density at radius 1 is 0.849 bits per heavy atom. The minimum Gasteiger partial charge on any atom is -0.387 e. The fourth-order valence-electron chi connectivity index (χ4n) is 6.71. The zero-order valence-corrected chi connectivity index (χ0v) is 29.8. The van der Waals surface area contributed by atoms with Crippen LogP contribution in [0.15, 0.2) is 67.0 Å². The minimum atomic E-state index is -1.52. The quantitative estimate of drug-likeness (QED) is 0.0870. The lowest BCUT2D eigenvalue weighted by atomic mass is 9.91. The highest BCUT2D eigenvalue weighted by Gasteiger charge is 2.47. The van der Waals surface area contributed by atoms with Crippen LogP contribution in [0.3, 0.4) is 0 Å². The van der Waals surface area contributed by atoms with Crippen molar-refractivity contribution in [2.75, 3.05) is 57.7 Å². The first-order valence-electron chi connectivity index (χ1n) is 18.2. The number of rotatable bonds is 15. The molecule has 2 aliphatic rings. The van der Waals surface area contributed by atoms with Crippen LogP contribution in [0.2, 0.25) is 0 Å². The number of anilines is 1.